The van der Waals surface area contributed by atoms with Crippen LogP contribution in [0.5, 0.6) is 0 Å². The van der Waals surface area contributed by atoms with E-state index >= 15 is 9.59 Å². The van der Waals surface area contributed by atoms with Gasteiger partial charge in [0.05, 0.1) is 19.7 Å². The van der Waals surface area contributed by atoms with Crippen molar-refractivity contribution in [3.63, 3.8) is 0 Å². The van der Waals surface area contributed by atoms with Crippen LogP contribution in [0.1, 0.15) is 163 Å². The lowest BCUT2D eigenvalue weighted by Crippen LogP contribution is -2.62. The number of likely N-dealkylation sites (N-methyl/N-ethyl adjacent to an activating group) is 7. The molecule has 0 aromatic heterocycles. The number of carbonyl (C=O) groups is 12. The molecule has 0 saturated carbocycles. The summed E-state index contributed by atoms with van der Waals surface area (Å²) in [6.07, 6.45) is 4.38. The first-order chi connectivity index (χ1) is 43.5. The third-order valence-electron chi connectivity index (χ3n) is 16.7. The lowest BCUT2D eigenvalue weighted by molar-refractivity contribution is -0.168. The third kappa shape index (κ3) is 27.3. The maximum Gasteiger partial charge on any atom is 0.332 e. The van der Waals surface area contributed by atoms with Crippen molar-refractivity contribution in [1.82, 2.24) is 50.2 Å². The van der Waals surface area contributed by atoms with E-state index in [2.05, 4.69) is 27.3 Å². The van der Waals surface area contributed by atoms with E-state index in [4.69, 9.17) is 15.2 Å². The van der Waals surface area contributed by atoms with Crippen LogP contribution in [0.25, 0.3) is 0 Å². The van der Waals surface area contributed by atoms with E-state index in [1.165, 1.54) is 73.7 Å². The number of rotatable bonds is 42. The Kier molecular flexibility index (Phi) is 38.5. The zero-order valence-corrected chi connectivity index (χ0v) is 61.6. The van der Waals surface area contributed by atoms with Crippen LogP contribution in [0.4, 0.5) is 0 Å². The first-order valence-electron chi connectivity index (χ1n) is 33.1. The fraction of sp³-hybridized carbons (Fsp3) is 0.765. The number of primary amides is 1. The van der Waals surface area contributed by atoms with Crippen molar-refractivity contribution in [2.24, 2.45) is 47.2 Å². The smallest absolute Gasteiger partial charge is 0.332 e. The summed E-state index contributed by atoms with van der Waals surface area (Å²) in [4.78, 5) is 176. The van der Waals surface area contributed by atoms with Crippen molar-refractivity contribution in [3.05, 3.63) is 24.4 Å². The van der Waals surface area contributed by atoms with Gasteiger partial charge in [-0.05, 0) is 101 Å². The Bertz CT molecular complexity index is 2570. The zero-order chi connectivity index (χ0) is 73.1. The maximum absolute atomic E-state index is 15.1. The Balaban J connectivity index is 6.90. The summed E-state index contributed by atoms with van der Waals surface area (Å²) < 4.78 is 15.5. The molecule has 5 N–H and O–H groups in total. The number of hydrogen-bond acceptors (Lipinski definition) is 16. The van der Waals surface area contributed by atoms with Gasteiger partial charge in [-0.25, -0.2) is 9.59 Å². The van der Waals surface area contributed by atoms with Gasteiger partial charge >= 0.3 is 11.9 Å². The van der Waals surface area contributed by atoms with E-state index in [1.54, 1.807) is 72.6 Å². The Labute approximate surface area is 561 Å². The van der Waals surface area contributed by atoms with Gasteiger partial charge in [0.25, 0.3) is 0 Å². The van der Waals surface area contributed by atoms with E-state index < -0.39 is 157 Å². The first-order valence-corrected chi connectivity index (χ1v) is 33.1. The molecule has 0 heterocycles. The lowest BCUT2D eigenvalue weighted by atomic mass is 9.91. The highest BCUT2D eigenvalue weighted by atomic mass is 16.6. The van der Waals surface area contributed by atoms with Crippen LogP contribution in [0.2, 0.25) is 0 Å². The Morgan fingerprint density at radius 2 is 0.936 bits per heavy atom. The molecule has 0 fully saturated rings. The summed E-state index contributed by atoms with van der Waals surface area (Å²) in [5, 5.41) is 8.56. The molecule has 0 aliphatic rings. The average Bonchev–Trinajstić information content (AvgIpc) is 0.807. The van der Waals surface area contributed by atoms with Crippen molar-refractivity contribution in [1.29, 1.82) is 0 Å². The number of esters is 2. The summed E-state index contributed by atoms with van der Waals surface area (Å²) in [6.45, 7) is 33.6. The molecule has 0 rings (SSSR count). The molecule has 538 valence electrons. The molecule has 0 aromatic carbocycles. The molecule has 0 aliphatic carbocycles. The largest absolute Gasteiger partial charge is 0.467 e. The van der Waals surface area contributed by atoms with Gasteiger partial charge in [-0.2, -0.15) is 0 Å². The van der Waals surface area contributed by atoms with Gasteiger partial charge in [0.1, 0.15) is 67.7 Å². The standard InChI is InChI=1S/C68H121N11O15/c1-27-29-31-45(15)60(94-56(83)38-93-37-55(82)92-26)59(61(69)84)79(25)68(91)58(44(13)14)78(24)66(89)52(35-42(9)10)77(23)65(88)51(34-41(7)8)74(20)48(18)46(16)70-62(85)47(17)71-63(86)50(33-40(5)6)76(22)67(90)57(43(11)12)72-64(87)49(32-39(3)4)75(21)54(81)36-73(19)53(80)30-28-2/h27,29,39-47,49-52,57-60H,18,28,30-38H2,1-17,19-26H3,(H2,69,84)(H,70,85)(H,71,86)(H,72,87)/b29-27+/t45?,46-,47+,49+,50+,51+,52+,57+,58-,59?,60-/m1/s1. The average molecular weight is 1330 g/mol. The van der Waals surface area contributed by atoms with Crippen LogP contribution < -0.4 is 21.7 Å². The Hall–Kier alpha value is -7.12. The third-order valence-corrected chi connectivity index (χ3v) is 16.7. The SMILES string of the molecule is C=C([C@@H](C)NC(=O)[C@H](C)NC(=O)[C@H](CC(C)C)N(C)C(=O)[C@@H](NC(=O)[C@H](CC(C)C)N(C)C(=O)CN(C)C(=O)CCC)C(C)C)N(C)[C@@H](CC(C)C)C(=O)N(C)[C@@H](CC(C)C)C(=O)N(C)[C@@H](C(=O)N(C)C(C(N)=O)[C@H](OC(=O)COCC(=O)OC)C(C)C/C=C/C)C(C)C. The number of ether oxygens (including phenoxy) is 3. The fourth-order valence-corrected chi connectivity index (χ4v) is 11.0. The molecule has 2 unspecified atom stereocenters. The number of amides is 10. The van der Waals surface area contributed by atoms with E-state index in [0.717, 1.165) is 12.0 Å². The highest BCUT2D eigenvalue weighted by molar-refractivity contribution is 5.97. The van der Waals surface area contributed by atoms with Gasteiger partial charge < -0.3 is 70.2 Å². The van der Waals surface area contributed by atoms with E-state index in [-0.39, 0.29) is 68.2 Å². The fourth-order valence-electron chi connectivity index (χ4n) is 11.0. The highest BCUT2D eigenvalue weighted by Gasteiger charge is 2.45. The first kappa shape index (κ1) is 86.9. The molecular weight excluding hydrogens is 1210 g/mol. The van der Waals surface area contributed by atoms with Crippen molar-refractivity contribution < 1.29 is 71.7 Å². The molecule has 26 nitrogen and oxygen atoms in total. The molecular formula is C68H121N11O15. The van der Waals surface area contributed by atoms with Crippen molar-refractivity contribution in [3.8, 4) is 0 Å². The predicted octanol–water partition coefficient (Wildman–Crippen LogP) is 4.37. The molecule has 0 bridgehead atoms. The number of methoxy groups -OCH3 is 1. The summed E-state index contributed by atoms with van der Waals surface area (Å²) in [5.74, 6) is -9.32. The molecule has 94 heavy (non-hydrogen) atoms. The molecule has 0 spiro atoms. The van der Waals surface area contributed by atoms with Gasteiger partial charge in [-0.15, -0.1) is 0 Å². The van der Waals surface area contributed by atoms with E-state index in [0.29, 0.717) is 18.5 Å². The van der Waals surface area contributed by atoms with Crippen LogP contribution in [0.3, 0.4) is 0 Å². The lowest BCUT2D eigenvalue weighted by Gasteiger charge is -2.42. The predicted molar refractivity (Wildman–Crippen MR) is 361 cm³/mol. The van der Waals surface area contributed by atoms with Crippen LogP contribution in [-0.4, -0.2) is 242 Å². The molecule has 0 saturated heterocycles. The summed E-state index contributed by atoms with van der Waals surface area (Å²) in [6, 6.07) is -9.94. The van der Waals surface area contributed by atoms with Gasteiger partial charge in [0.2, 0.25) is 59.1 Å². The molecule has 10 amide bonds. The number of carbonyl (C=O) groups excluding carboxylic acids is 12. The minimum Gasteiger partial charge on any atom is -0.467 e. The van der Waals surface area contributed by atoms with Gasteiger partial charge in [0, 0.05) is 61.5 Å². The number of hydrogen-bond donors (Lipinski definition) is 4. The molecule has 0 radical (unpaired) electrons. The van der Waals surface area contributed by atoms with Gasteiger partial charge in [-0.3, -0.25) is 47.9 Å². The number of allylic oxidation sites excluding steroid dienone is 2. The Morgan fingerprint density at radius 1 is 0.500 bits per heavy atom. The quantitative estimate of drug-likeness (QED) is 0.0487. The molecule has 11 atom stereocenters. The molecule has 0 aliphatic heterocycles. The van der Waals surface area contributed by atoms with Crippen molar-refractivity contribution >= 4 is 71.0 Å². The zero-order valence-electron chi connectivity index (χ0n) is 61.6. The minimum absolute atomic E-state index is 0.0311. The molecule has 0 aromatic rings. The van der Waals surface area contributed by atoms with E-state index in [1.807, 2.05) is 62.3 Å². The van der Waals surface area contributed by atoms with Crippen molar-refractivity contribution in [2.45, 2.75) is 223 Å². The number of nitrogens with two attached hydrogens (primary N) is 1. The molecule has 26 heteroatoms. The van der Waals surface area contributed by atoms with Crippen LogP contribution >= 0.6 is 0 Å². The van der Waals surface area contributed by atoms with Crippen molar-refractivity contribution in [2.75, 3.05) is 76.2 Å². The normalized spacial score (nSPS) is 15.1. The summed E-state index contributed by atoms with van der Waals surface area (Å²) >= 11 is 0. The van der Waals surface area contributed by atoms with Crippen LogP contribution in [0, 0.1) is 41.4 Å². The number of nitrogens with one attached hydrogen (secondary N) is 3. The number of nitrogens with zero attached hydrogens (tertiary/aromatic N) is 7. The van der Waals surface area contributed by atoms with E-state index in [9.17, 15) is 47.9 Å². The highest BCUT2D eigenvalue weighted by Crippen LogP contribution is 2.27. The second-order valence-electron chi connectivity index (χ2n) is 27.5. The van der Waals surface area contributed by atoms with Gasteiger partial charge in [0.15, 0.2) is 0 Å². The Morgan fingerprint density at radius 3 is 1.39 bits per heavy atom. The minimum atomic E-state index is -1.53. The second kappa shape index (κ2) is 41.7. The topological polar surface area (TPSA) is 317 Å². The maximum atomic E-state index is 15.1. The van der Waals surface area contributed by atoms with Crippen LogP contribution in [-0.2, 0) is 71.7 Å². The monoisotopic (exact) mass is 1330 g/mol. The second-order valence-corrected chi connectivity index (χ2v) is 27.5. The van der Waals surface area contributed by atoms with Gasteiger partial charge in [-0.1, -0.05) is 116 Å². The summed E-state index contributed by atoms with van der Waals surface area (Å²) in [5.41, 5.74) is 6.34. The summed E-state index contributed by atoms with van der Waals surface area (Å²) in [7, 11) is 11.6. The van der Waals surface area contributed by atoms with Crippen LogP contribution in [0.15, 0.2) is 24.4 Å².